The maximum Gasteiger partial charge on any atom is 0.259 e. The number of thioether (sulfide) groups is 1. The first-order chi connectivity index (χ1) is 15.6. The summed E-state index contributed by atoms with van der Waals surface area (Å²) >= 11 is 9.28. The summed E-state index contributed by atoms with van der Waals surface area (Å²) in [6, 6.07) is 7.85. The van der Waals surface area contributed by atoms with Crippen molar-refractivity contribution in [2.45, 2.75) is 31.4 Å². The molecule has 6 nitrogen and oxygen atoms in total. The average molecular weight is 489 g/mol. The molecule has 3 heterocycles. The van der Waals surface area contributed by atoms with Crippen LogP contribution in [0.3, 0.4) is 0 Å². The van der Waals surface area contributed by atoms with Gasteiger partial charge in [-0.2, -0.15) is 11.8 Å². The zero-order valence-corrected chi connectivity index (χ0v) is 20.1. The molecule has 1 fully saturated rings. The van der Waals surface area contributed by atoms with Gasteiger partial charge in [-0.25, -0.2) is 4.98 Å². The van der Waals surface area contributed by atoms with Crippen molar-refractivity contribution in [3.63, 3.8) is 0 Å². The molecule has 1 saturated heterocycles. The Morgan fingerprint density at radius 1 is 1.16 bits per heavy atom. The van der Waals surface area contributed by atoms with Gasteiger partial charge in [-0.05, 0) is 49.1 Å². The summed E-state index contributed by atoms with van der Waals surface area (Å²) in [7, 11) is 0. The van der Waals surface area contributed by atoms with Crippen LogP contribution in [0.2, 0.25) is 5.02 Å². The van der Waals surface area contributed by atoms with Gasteiger partial charge < -0.3 is 14.8 Å². The number of hydrogen-bond donors (Lipinski definition) is 1. The van der Waals surface area contributed by atoms with Crippen LogP contribution in [-0.2, 0) is 23.4 Å². The molecule has 3 aromatic rings. The molecule has 1 aliphatic heterocycles. The van der Waals surface area contributed by atoms with Gasteiger partial charge >= 0.3 is 0 Å². The van der Waals surface area contributed by atoms with Crippen LogP contribution >= 0.6 is 34.7 Å². The highest BCUT2D eigenvalue weighted by Crippen LogP contribution is 2.34. The topological polar surface area (TPSA) is 69.3 Å². The monoisotopic (exact) mass is 488 g/mol. The molecule has 1 aromatic carbocycles. The van der Waals surface area contributed by atoms with Crippen molar-refractivity contribution in [3.05, 3.63) is 55.9 Å². The lowest BCUT2D eigenvalue weighted by atomic mass is 10.2. The standard InChI is InChI=1S/C23H25ClN4O2S2/c24-15-4-6-16(7-5-15)27-9-11-28(12-10-27)20(29)8-13-31-14-19-25-22(30)21-17-2-1-3-18(17)32-23(21)26-19/h4-7H,1-3,8-14H2,(H,25,26,30). The highest BCUT2D eigenvalue weighted by atomic mass is 35.5. The normalized spacial score (nSPS) is 16.0. The Labute approximate surface area is 200 Å². The molecule has 0 atom stereocenters. The first-order valence-corrected chi connectivity index (χ1v) is 13.3. The van der Waals surface area contributed by atoms with Crippen LogP contribution < -0.4 is 10.5 Å². The van der Waals surface area contributed by atoms with Gasteiger partial charge in [-0.3, -0.25) is 9.59 Å². The Balaban J connectivity index is 1.09. The molecule has 0 spiro atoms. The predicted molar refractivity (Wildman–Crippen MR) is 133 cm³/mol. The van der Waals surface area contributed by atoms with Gasteiger partial charge in [-0.1, -0.05) is 11.6 Å². The lowest BCUT2D eigenvalue weighted by Gasteiger charge is -2.36. The highest BCUT2D eigenvalue weighted by Gasteiger charge is 2.22. The quantitative estimate of drug-likeness (QED) is 0.529. The smallest absolute Gasteiger partial charge is 0.259 e. The lowest BCUT2D eigenvalue weighted by Crippen LogP contribution is -2.48. The molecule has 32 heavy (non-hydrogen) atoms. The summed E-state index contributed by atoms with van der Waals surface area (Å²) < 4.78 is 0. The van der Waals surface area contributed by atoms with E-state index in [0.29, 0.717) is 18.0 Å². The minimum Gasteiger partial charge on any atom is -0.368 e. The average Bonchev–Trinajstić information content (AvgIpc) is 3.38. The fourth-order valence-corrected chi connectivity index (χ4v) is 6.67. The summed E-state index contributed by atoms with van der Waals surface area (Å²) in [5, 5.41) is 1.53. The molecule has 0 bridgehead atoms. The van der Waals surface area contributed by atoms with Crippen molar-refractivity contribution < 1.29 is 4.79 Å². The molecule has 2 aliphatic rings. The second kappa shape index (κ2) is 9.45. The summed E-state index contributed by atoms with van der Waals surface area (Å²) in [6.45, 7) is 3.13. The second-order valence-electron chi connectivity index (χ2n) is 8.20. The third-order valence-corrected chi connectivity index (χ3v) is 8.56. The summed E-state index contributed by atoms with van der Waals surface area (Å²) in [5.41, 5.74) is 2.34. The summed E-state index contributed by atoms with van der Waals surface area (Å²) in [5.74, 6) is 2.24. The first kappa shape index (κ1) is 21.8. The predicted octanol–water partition coefficient (Wildman–Crippen LogP) is 4.10. The molecule has 1 aliphatic carbocycles. The Bertz CT molecular complexity index is 1180. The van der Waals surface area contributed by atoms with E-state index < -0.39 is 0 Å². The van der Waals surface area contributed by atoms with E-state index in [9.17, 15) is 9.59 Å². The van der Waals surface area contributed by atoms with Crippen molar-refractivity contribution in [1.29, 1.82) is 0 Å². The van der Waals surface area contributed by atoms with Crippen LogP contribution in [0, 0.1) is 0 Å². The Morgan fingerprint density at radius 3 is 2.72 bits per heavy atom. The third-order valence-electron chi connectivity index (χ3n) is 6.15. The molecule has 5 rings (SSSR count). The summed E-state index contributed by atoms with van der Waals surface area (Å²) in [4.78, 5) is 39.2. The van der Waals surface area contributed by atoms with Gasteiger partial charge in [0.1, 0.15) is 10.7 Å². The minimum absolute atomic E-state index is 0.0142. The van der Waals surface area contributed by atoms with Crippen LogP contribution in [0.25, 0.3) is 10.2 Å². The van der Waals surface area contributed by atoms with Crippen molar-refractivity contribution in [3.8, 4) is 0 Å². The number of piperazine rings is 1. The minimum atomic E-state index is -0.0142. The van der Waals surface area contributed by atoms with E-state index in [4.69, 9.17) is 11.6 Å². The number of thiophene rings is 1. The number of rotatable bonds is 6. The van der Waals surface area contributed by atoms with Crippen LogP contribution in [0.4, 0.5) is 5.69 Å². The molecular formula is C23H25ClN4O2S2. The zero-order chi connectivity index (χ0) is 22.1. The number of aromatic amines is 1. The number of amides is 1. The Kier molecular flexibility index (Phi) is 6.44. The van der Waals surface area contributed by atoms with E-state index in [0.717, 1.165) is 72.1 Å². The Hall–Kier alpha value is -2.03. The molecular weight excluding hydrogens is 464 g/mol. The Morgan fingerprint density at radius 2 is 1.94 bits per heavy atom. The number of carbonyl (C=O) groups is 1. The van der Waals surface area contributed by atoms with Crippen molar-refractivity contribution in [2.24, 2.45) is 0 Å². The lowest BCUT2D eigenvalue weighted by molar-refractivity contribution is -0.131. The van der Waals surface area contributed by atoms with E-state index >= 15 is 0 Å². The van der Waals surface area contributed by atoms with Crippen LogP contribution in [-0.4, -0.2) is 52.7 Å². The maximum atomic E-state index is 12.6. The third kappa shape index (κ3) is 4.54. The maximum absolute atomic E-state index is 12.6. The number of nitrogens with one attached hydrogen (secondary N) is 1. The fourth-order valence-electron chi connectivity index (χ4n) is 4.47. The van der Waals surface area contributed by atoms with E-state index in [1.165, 1.54) is 10.4 Å². The SMILES string of the molecule is O=C(CCSCc1nc2sc3c(c2c(=O)[nH]1)CCC3)N1CCN(c2ccc(Cl)cc2)CC1. The molecule has 1 amide bonds. The van der Waals surface area contributed by atoms with Crippen molar-refractivity contribution in [1.82, 2.24) is 14.9 Å². The van der Waals surface area contributed by atoms with Crippen LogP contribution in [0.1, 0.15) is 29.1 Å². The zero-order valence-electron chi connectivity index (χ0n) is 17.7. The van der Waals surface area contributed by atoms with Crippen LogP contribution in [0.15, 0.2) is 29.1 Å². The fraction of sp³-hybridized carbons (Fsp3) is 0.435. The number of halogens is 1. The number of aryl methyl sites for hydroxylation is 2. The largest absolute Gasteiger partial charge is 0.368 e. The molecule has 1 N–H and O–H groups in total. The molecule has 2 aromatic heterocycles. The van der Waals surface area contributed by atoms with E-state index in [1.807, 2.05) is 29.2 Å². The molecule has 9 heteroatoms. The number of hydrogen-bond acceptors (Lipinski definition) is 6. The highest BCUT2D eigenvalue weighted by molar-refractivity contribution is 7.98. The number of carbonyl (C=O) groups excluding carboxylic acids is 1. The van der Waals surface area contributed by atoms with E-state index in [-0.39, 0.29) is 11.5 Å². The number of nitrogens with zero attached hydrogens (tertiary/aromatic N) is 3. The molecule has 0 saturated carbocycles. The van der Waals surface area contributed by atoms with E-state index in [2.05, 4.69) is 14.9 Å². The van der Waals surface area contributed by atoms with Gasteiger partial charge in [0.15, 0.2) is 0 Å². The van der Waals surface area contributed by atoms with Gasteiger partial charge in [0.05, 0.1) is 11.1 Å². The number of benzene rings is 1. The summed E-state index contributed by atoms with van der Waals surface area (Å²) in [6.07, 6.45) is 3.70. The van der Waals surface area contributed by atoms with Crippen molar-refractivity contribution >= 4 is 56.5 Å². The number of anilines is 1. The molecule has 0 unspecified atom stereocenters. The van der Waals surface area contributed by atoms with Crippen molar-refractivity contribution in [2.75, 3.05) is 36.8 Å². The number of fused-ring (bicyclic) bond motifs is 3. The van der Waals surface area contributed by atoms with Gasteiger partial charge in [0.25, 0.3) is 5.56 Å². The molecule has 0 radical (unpaired) electrons. The van der Waals surface area contributed by atoms with Gasteiger partial charge in [0, 0.05) is 53.9 Å². The van der Waals surface area contributed by atoms with Gasteiger partial charge in [-0.15, -0.1) is 11.3 Å². The van der Waals surface area contributed by atoms with E-state index in [1.54, 1.807) is 23.1 Å². The number of H-pyrrole nitrogens is 1. The number of aromatic nitrogens is 2. The first-order valence-electron chi connectivity index (χ1n) is 11.0. The molecule has 168 valence electrons. The van der Waals surface area contributed by atoms with Crippen LogP contribution in [0.5, 0.6) is 0 Å². The second-order valence-corrected chi connectivity index (χ2v) is 10.8. The van der Waals surface area contributed by atoms with Gasteiger partial charge in [0.2, 0.25) is 5.91 Å².